The zero-order chi connectivity index (χ0) is 17.4. The van der Waals surface area contributed by atoms with Gasteiger partial charge >= 0.3 is 8.80 Å². The third kappa shape index (κ3) is 4.54. The van der Waals surface area contributed by atoms with E-state index in [1.165, 1.54) is 0 Å². The van der Waals surface area contributed by atoms with Crippen LogP contribution in [0.3, 0.4) is 0 Å². The molecule has 1 N–H and O–H groups in total. The van der Waals surface area contributed by atoms with E-state index in [1.54, 1.807) is 0 Å². The van der Waals surface area contributed by atoms with Crippen molar-refractivity contribution in [3.63, 3.8) is 0 Å². The maximum absolute atomic E-state index is 12.3. The molecule has 1 aromatic rings. The van der Waals surface area contributed by atoms with Crippen LogP contribution < -0.4 is 5.32 Å². The molecule has 0 spiro atoms. The molecule has 0 fully saturated rings. The van der Waals surface area contributed by atoms with Crippen LogP contribution in [0.4, 0.5) is 0 Å². The van der Waals surface area contributed by atoms with Crippen molar-refractivity contribution < 1.29 is 18.1 Å². The molecule has 0 radical (unpaired) electrons. The number of carbonyl (C=O) groups is 1. The standard InChI is InChI=1S/C18H27NO4Si/c1-4-21-24(22-5-2,23-6-3)14-8-13-19-18(20)17-10-7-9-15-11-12-16(15)17/h7,9-12H,4-6,8,13-14H2,1-3H3,(H,19,20). The molecule has 132 valence electrons. The Morgan fingerprint density at radius 2 is 1.71 bits per heavy atom. The van der Waals surface area contributed by atoms with Crippen LogP contribution in [0.2, 0.25) is 6.04 Å². The number of nitrogens with one attached hydrogen (secondary N) is 1. The van der Waals surface area contributed by atoms with Crippen molar-refractivity contribution in [1.29, 1.82) is 0 Å². The van der Waals surface area contributed by atoms with Gasteiger partial charge in [0.05, 0.1) is 0 Å². The molecule has 1 aliphatic rings. The summed E-state index contributed by atoms with van der Waals surface area (Å²) in [7, 11) is -2.62. The number of hydrogen-bond donors (Lipinski definition) is 1. The quantitative estimate of drug-likeness (QED) is 0.499. The topological polar surface area (TPSA) is 56.8 Å². The molecule has 5 nitrogen and oxygen atoms in total. The fourth-order valence-corrected chi connectivity index (χ4v) is 5.40. The predicted octanol–water partition coefficient (Wildman–Crippen LogP) is 3.34. The van der Waals surface area contributed by atoms with Crippen LogP contribution in [-0.4, -0.2) is 41.1 Å². The van der Waals surface area contributed by atoms with Gasteiger partial charge in [-0.2, -0.15) is 0 Å². The molecule has 1 aromatic carbocycles. The summed E-state index contributed by atoms with van der Waals surface area (Å²) in [5, 5.41) is 2.98. The number of fused-ring (bicyclic) bond motifs is 1. The highest BCUT2D eigenvalue weighted by Gasteiger charge is 2.39. The Hall–Kier alpha value is -1.47. The molecular weight excluding hydrogens is 322 g/mol. The second kappa shape index (κ2) is 9.13. The van der Waals surface area contributed by atoms with Crippen molar-refractivity contribution in [2.75, 3.05) is 26.4 Å². The van der Waals surface area contributed by atoms with Gasteiger partial charge < -0.3 is 18.6 Å². The highest BCUT2D eigenvalue weighted by atomic mass is 28.4. The molecule has 0 aromatic heterocycles. The smallest absolute Gasteiger partial charge is 0.374 e. The third-order valence-electron chi connectivity index (χ3n) is 3.85. The minimum Gasteiger partial charge on any atom is -0.374 e. The summed E-state index contributed by atoms with van der Waals surface area (Å²) in [5.41, 5.74) is 2.88. The van der Waals surface area contributed by atoms with E-state index in [0.29, 0.717) is 32.4 Å². The van der Waals surface area contributed by atoms with Crippen molar-refractivity contribution in [3.05, 3.63) is 34.9 Å². The van der Waals surface area contributed by atoms with Crippen molar-refractivity contribution in [3.8, 4) is 0 Å². The molecule has 1 aliphatic carbocycles. The fraction of sp³-hybridized carbons (Fsp3) is 0.500. The Morgan fingerprint density at radius 3 is 2.25 bits per heavy atom. The van der Waals surface area contributed by atoms with Gasteiger partial charge in [-0.3, -0.25) is 4.79 Å². The molecule has 0 saturated heterocycles. The number of benzene rings is 1. The summed E-state index contributed by atoms with van der Waals surface area (Å²) in [5.74, 6) is -0.0345. The van der Waals surface area contributed by atoms with Crippen molar-refractivity contribution >= 4 is 26.9 Å². The Kier molecular flexibility index (Phi) is 7.17. The van der Waals surface area contributed by atoms with E-state index in [4.69, 9.17) is 13.3 Å². The van der Waals surface area contributed by atoms with Gasteiger partial charge in [-0.1, -0.05) is 24.3 Å². The first-order valence-electron chi connectivity index (χ1n) is 8.67. The highest BCUT2D eigenvalue weighted by molar-refractivity contribution is 6.60. The SMILES string of the molecule is CCO[Si](CCCNC(=O)c1cccc2c1C=C2)(OCC)OCC. The summed E-state index contributed by atoms with van der Waals surface area (Å²) in [6, 6.07) is 6.49. The van der Waals surface area contributed by atoms with E-state index in [1.807, 2.05) is 51.1 Å². The van der Waals surface area contributed by atoms with E-state index in [-0.39, 0.29) is 5.91 Å². The van der Waals surface area contributed by atoms with Crippen LogP contribution in [0.5, 0.6) is 0 Å². The third-order valence-corrected chi connectivity index (χ3v) is 7.00. The number of amides is 1. The van der Waals surface area contributed by atoms with Crippen LogP contribution in [0.1, 0.15) is 48.7 Å². The molecule has 0 heterocycles. The molecule has 6 heteroatoms. The van der Waals surface area contributed by atoms with Crippen LogP contribution >= 0.6 is 0 Å². The molecule has 0 unspecified atom stereocenters. The highest BCUT2D eigenvalue weighted by Crippen LogP contribution is 2.26. The molecule has 0 aliphatic heterocycles. The first-order chi connectivity index (χ1) is 11.7. The Bertz CT molecular complexity index is 571. The predicted molar refractivity (Wildman–Crippen MR) is 97.8 cm³/mol. The summed E-state index contributed by atoms with van der Waals surface area (Å²) < 4.78 is 17.5. The van der Waals surface area contributed by atoms with Gasteiger partial charge in [0.2, 0.25) is 0 Å². The van der Waals surface area contributed by atoms with Gasteiger partial charge in [-0.05, 0) is 44.4 Å². The van der Waals surface area contributed by atoms with Crippen LogP contribution in [0.15, 0.2) is 18.2 Å². The van der Waals surface area contributed by atoms with E-state index in [2.05, 4.69) is 5.32 Å². The second-order valence-electron chi connectivity index (χ2n) is 5.48. The molecule has 0 atom stereocenters. The summed E-state index contributed by atoms with van der Waals surface area (Å²) in [6.45, 7) is 8.13. The Morgan fingerprint density at radius 1 is 1.04 bits per heavy atom. The molecule has 24 heavy (non-hydrogen) atoms. The normalized spacial score (nSPS) is 12.6. The molecule has 0 bridgehead atoms. The lowest BCUT2D eigenvalue weighted by Gasteiger charge is -2.28. The molecule has 1 amide bonds. The Labute approximate surface area is 145 Å². The lowest BCUT2D eigenvalue weighted by atomic mass is 9.92. The van der Waals surface area contributed by atoms with E-state index < -0.39 is 8.80 Å². The van der Waals surface area contributed by atoms with Gasteiger partial charge in [0.15, 0.2) is 0 Å². The molecular formula is C18H27NO4Si. The van der Waals surface area contributed by atoms with Crippen molar-refractivity contribution in [2.24, 2.45) is 0 Å². The van der Waals surface area contributed by atoms with Crippen molar-refractivity contribution in [2.45, 2.75) is 33.2 Å². The van der Waals surface area contributed by atoms with Gasteiger partial charge in [-0.25, -0.2) is 0 Å². The number of hydrogen-bond acceptors (Lipinski definition) is 4. The minimum atomic E-state index is -2.62. The lowest BCUT2D eigenvalue weighted by molar-refractivity contribution is 0.0705. The zero-order valence-corrected chi connectivity index (χ0v) is 15.8. The zero-order valence-electron chi connectivity index (χ0n) is 14.8. The number of carbonyl (C=O) groups excluding carboxylic acids is 1. The average Bonchev–Trinajstić information content (AvgIpc) is 2.53. The lowest BCUT2D eigenvalue weighted by Crippen LogP contribution is -2.46. The summed E-state index contributed by atoms with van der Waals surface area (Å²) in [4.78, 5) is 12.3. The monoisotopic (exact) mass is 349 g/mol. The Balaban J connectivity index is 1.84. The second-order valence-corrected chi connectivity index (χ2v) is 8.22. The van der Waals surface area contributed by atoms with E-state index >= 15 is 0 Å². The van der Waals surface area contributed by atoms with E-state index in [0.717, 1.165) is 23.1 Å². The van der Waals surface area contributed by atoms with Gasteiger partial charge in [0.25, 0.3) is 5.91 Å². The van der Waals surface area contributed by atoms with Crippen LogP contribution in [0.25, 0.3) is 12.2 Å². The van der Waals surface area contributed by atoms with E-state index in [9.17, 15) is 4.79 Å². The maximum Gasteiger partial charge on any atom is 0.500 e. The minimum absolute atomic E-state index is 0.0345. The van der Waals surface area contributed by atoms with Crippen LogP contribution in [0, 0.1) is 0 Å². The first kappa shape index (κ1) is 18.9. The summed E-state index contributed by atoms with van der Waals surface area (Å²) in [6.07, 6.45) is 4.75. The fourth-order valence-electron chi connectivity index (χ4n) is 2.79. The summed E-state index contributed by atoms with van der Waals surface area (Å²) >= 11 is 0. The van der Waals surface area contributed by atoms with Gasteiger partial charge in [0.1, 0.15) is 0 Å². The number of rotatable bonds is 11. The largest absolute Gasteiger partial charge is 0.500 e. The first-order valence-corrected chi connectivity index (χ1v) is 10.6. The van der Waals surface area contributed by atoms with Gasteiger partial charge in [-0.15, -0.1) is 0 Å². The van der Waals surface area contributed by atoms with Crippen molar-refractivity contribution in [1.82, 2.24) is 5.32 Å². The molecule has 0 saturated carbocycles. The van der Waals surface area contributed by atoms with Gasteiger partial charge in [0, 0.05) is 38.0 Å². The average molecular weight is 350 g/mol. The van der Waals surface area contributed by atoms with Crippen LogP contribution in [-0.2, 0) is 13.3 Å². The maximum atomic E-state index is 12.3. The molecule has 2 rings (SSSR count).